The molecular formula is C26H27F2N5O. The van der Waals surface area contributed by atoms with Crippen LogP contribution in [0.3, 0.4) is 0 Å². The second-order valence-electron chi connectivity index (χ2n) is 8.95. The summed E-state index contributed by atoms with van der Waals surface area (Å²) in [7, 11) is 0. The first-order valence-electron chi connectivity index (χ1n) is 11.4. The Labute approximate surface area is 197 Å². The van der Waals surface area contributed by atoms with Crippen molar-refractivity contribution in [1.29, 1.82) is 0 Å². The second-order valence-corrected chi connectivity index (χ2v) is 8.95. The smallest absolute Gasteiger partial charge is 0.227 e. The number of benzene rings is 2. The Morgan fingerprint density at radius 1 is 1.18 bits per heavy atom. The van der Waals surface area contributed by atoms with E-state index in [1.54, 1.807) is 6.07 Å². The van der Waals surface area contributed by atoms with Gasteiger partial charge in [-0.25, -0.2) is 18.7 Å². The van der Waals surface area contributed by atoms with E-state index in [1.165, 1.54) is 17.2 Å². The van der Waals surface area contributed by atoms with Crippen molar-refractivity contribution >= 4 is 17.3 Å². The van der Waals surface area contributed by atoms with E-state index in [0.29, 0.717) is 16.9 Å². The summed E-state index contributed by atoms with van der Waals surface area (Å²) in [6.07, 6.45) is 1.72. The molecule has 2 aromatic carbocycles. The highest BCUT2D eigenvalue weighted by Crippen LogP contribution is 2.43. The molecule has 34 heavy (non-hydrogen) atoms. The lowest BCUT2D eigenvalue weighted by atomic mass is 10.0. The van der Waals surface area contributed by atoms with Crippen LogP contribution in [-0.2, 0) is 13.0 Å². The van der Waals surface area contributed by atoms with Gasteiger partial charge in [0.25, 0.3) is 0 Å². The molecule has 8 heteroatoms. The van der Waals surface area contributed by atoms with Crippen LogP contribution in [0.15, 0.2) is 48.8 Å². The standard InChI is InChI=1S/C26H27F2N5O/c1-14(2)33-15(3)16(4)34-25-21(27)10-18(11-23(25)33)24-22(28)13-30-26(32-24)31-20-6-5-17-7-8-29-12-19(17)9-20/h5-6,9-11,13-14,16,29H,3,7-8,12H2,1-2,4H3,(H,30,31,32). The predicted molar refractivity (Wildman–Crippen MR) is 129 cm³/mol. The van der Waals surface area contributed by atoms with Gasteiger partial charge in [-0.1, -0.05) is 12.6 Å². The summed E-state index contributed by atoms with van der Waals surface area (Å²) < 4.78 is 35.7. The molecule has 1 atom stereocenters. The first-order chi connectivity index (χ1) is 16.3. The van der Waals surface area contributed by atoms with Gasteiger partial charge in [-0.3, -0.25) is 0 Å². The topological polar surface area (TPSA) is 62.3 Å². The lowest BCUT2D eigenvalue weighted by Crippen LogP contribution is -2.40. The Bertz CT molecular complexity index is 1280. The molecule has 5 rings (SSSR count). The molecule has 2 aliphatic rings. The molecule has 0 aliphatic carbocycles. The number of hydrogen-bond donors (Lipinski definition) is 2. The second kappa shape index (κ2) is 8.68. The number of nitrogens with zero attached hydrogens (tertiary/aromatic N) is 3. The minimum absolute atomic E-state index is 0.00627. The van der Waals surface area contributed by atoms with Gasteiger partial charge in [0.05, 0.1) is 17.6 Å². The highest BCUT2D eigenvalue weighted by atomic mass is 19.1. The average Bonchev–Trinajstić information content (AvgIpc) is 2.81. The maximum absolute atomic E-state index is 15.1. The summed E-state index contributed by atoms with van der Waals surface area (Å²) in [6.45, 7) is 11.7. The minimum atomic E-state index is -0.639. The molecule has 0 spiro atoms. The molecule has 6 nitrogen and oxygen atoms in total. The van der Waals surface area contributed by atoms with Crippen LogP contribution in [0.1, 0.15) is 31.9 Å². The summed E-state index contributed by atoms with van der Waals surface area (Å²) in [5.41, 5.74) is 4.84. The van der Waals surface area contributed by atoms with Crippen LogP contribution >= 0.6 is 0 Å². The average molecular weight is 464 g/mol. The highest BCUT2D eigenvalue weighted by Gasteiger charge is 2.32. The molecular weight excluding hydrogens is 436 g/mol. The number of ether oxygens (including phenoxy) is 1. The van der Waals surface area contributed by atoms with E-state index in [-0.39, 0.29) is 29.5 Å². The molecule has 3 aromatic rings. The number of anilines is 3. The summed E-state index contributed by atoms with van der Waals surface area (Å²) in [4.78, 5) is 10.4. The Morgan fingerprint density at radius 2 is 2.00 bits per heavy atom. The van der Waals surface area contributed by atoms with Crippen molar-refractivity contribution in [3.05, 3.63) is 71.6 Å². The first-order valence-corrected chi connectivity index (χ1v) is 11.4. The van der Waals surface area contributed by atoms with Crippen molar-refractivity contribution in [3.63, 3.8) is 0 Å². The summed E-state index contributed by atoms with van der Waals surface area (Å²) in [5.74, 6) is -0.854. The van der Waals surface area contributed by atoms with Crippen LogP contribution in [-0.4, -0.2) is 28.7 Å². The molecule has 0 radical (unpaired) electrons. The maximum Gasteiger partial charge on any atom is 0.227 e. The molecule has 1 aromatic heterocycles. The van der Waals surface area contributed by atoms with Crippen LogP contribution in [0.4, 0.5) is 26.1 Å². The fourth-order valence-corrected chi connectivity index (χ4v) is 4.53. The van der Waals surface area contributed by atoms with E-state index >= 15 is 4.39 Å². The molecule has 0 bridgehead atoms. The Hall–Kier alpha value is -3.52. The van der Waals surface area contributed by atoms with Crippen molar-refractivity contribution in [2.24, 2.45) is 0 Å². The zero-order valence-corrected chi connectivity index (χ0v) is 19.5. The van der Waals surface area contributed by atoms with Crippen molar-refractivity contribution in [1.82, 2.24) is 15.3 Å². The van der Waals surface area contributed by atoms with Gasteiger partial charge in [0.1, 0.15) is 11.8 Å². The van der Waals surface area contributed by atoms with E-state index in [9.17, 15) is 4.39 Å². The largest absolute Gasteiger partial charge is 0.479 e. The van der Waals surface area contributed by atoms with Crippen molar-refractivity contribution < 1.29 is 13.5 Å². The number of halogens is 2. The Morgan fingerprint density at radius 3 is 2.79 bits per heavy atom. The number of fused-ring (bicyclic) bond motifs is 2. The van der Waals surface area contributed by atoms with Crippen molar-refractivity contribution in [2.75, 3.05) is 16.8 Å². The number of hydrogen-bond acceptors (Lipinski definition) is 6. The normalized spacial score (nSPS) is 17.3. The van der Waals surface area contributed by atoms with Crippen LogP contribution < -0.4 is 20.3 Å². The number of nitrogens with one attached hydrogen (secondary N) is 2. The van der Waals surface area contributed by atoms with Gasteiger partial charge in [-0.15, -0.1) is 0 Å². The Balaban J connectivity index is 1.52. The molecule has 2 aliphatic heterocycles. The summed E-state index contributed by atoms with van der Waals surface area (Å²) in [6, 6.07) is 9.03. The van der Waals surface area contributed by atoms with E-state index < -0.39 is 11.6 Å². The van der Waals surface area contributed by atoms with E-state index in [4.69, 9.17) is 4.74 Å². The van der Waals surface area contributed by atoms with Crippen LogP contribution in [0.2, 0.25) is 0 Å². The predicted octanol–water partition coefficient (Wildman–Crippen LogP) is 5.32. The highest BCUT2D eigenvalue weighted by molar-refractivity contribution is 5.75. The summed E-state index contributed by atoms with van der Waals surface area (Å²) >= 11 is 0. The van der Waals surface area contributed by atoms with Crippen LogP contribution in [0.5, 0.6) is 5.75 Å². The van der Waals surface area contributed by atoms with Gasteiger partial charge in [-0.05, 0) is 69.1 Å². The lowest BCUT2D eigenvalue weighted by molar-refractivity contribution is 0.229. The molecule has 0 amide bonds. The van der Waals surface area contributed by atoms with Gasteiger partial charge in [0, 0.05) is 23.8 Å². The maximum atomic E-state index is 15.1. The quantitative estimate of drug-likeness (QED) is 0.546. The third-order valence-corrected chi connectivity index (χ3v) is 6.24. The van der Waals surface area contributed by atoms with Crippen molar-refractivity contribution in [3.8, 4) is 17.0 Å². The number of rotatable bonds is 4. The van der Waals surface area contributed by atoms with E-state index in [2.05, 4.69) is 33.2 Å². The van der Waals surface area contributed by atoms with Gasteiger partial charge in [0.2, 0.25) is 5.95 Å². The molecule has 0 fully saturated rings. The monoisotopic (exact) mass is 463 g/mol. The fourth-order valence-electron chi connectivity index (χ4n) is 4.53. The third-order valence-electron chi connectivity index (χ3n) is 6.24. The van der Waals surface area contributed by atoms with Gasteiger partial charge in [0.15, 0.2) is 17.4 Å². The summed E-state index contributed by atoms with van der Waals surface area (Å²) in [5, 5.41) is 6.50. The van der Waals surface area contributed by atoms with E-state index in [1.807, 2.05) is 37.8 Å². The van der Waals surface area contributed by atoms with Gasteiger partial charge >= 0.3 is 0 Å². The minimum Gasteiger partial charge on any atom is -0.479 e. The lowest BCUT2D eigenvalue weighted by Gasteiger charge is -2.39. The van der Waals surface area contributed by atoms with Crippen LogP contribution in [0, 0.1) is 11.6 Å². The van der Waals surface area contributed by atoms with Gasteiger partial charge < -0.3 is 20.3 Å². The zero-order valence-electron chi connectivity index (χ0n) is 19.5. The molecule has 2 N–H and O–H groups in total. The Kier molecular flexibility index (Phi) is 5.69. The van der Waals surface area contributed by atoms with E-state index in [0.717, 1.165) is 31.4 Å². The molecule has 3 heterocycles. The van der Waals surface area contributed by atoms with Gasteiger partial charge in [-0.2, -0.15) is 0 Å². The zero-order chi connectivity index (χ0) is 24.0. The first kappa shape index (κ1) is 22.3. The molecule has 176 valence electrons. The third kappa shape index (κ3) is 3.98. The number of aromatic nitrogens is 2. The fraction of sp³-hybridized carbons (Fsp3) is 0.308. The SMILES string of the molecule is C=C1C(C)Oc2c(F)cc(-c3nc(Nc4ccc5c(c4)CNCC5)ncc3F)cc2N1C(C)C. The molecule has 0 saturated carbocycles. The molecule has 0 saturated heterocycles. The van der Waals surface area contributed by atoms with Crippen LogP contribution in [0.25, 0.3) is 11.3 Å². The van der Waals surface area contributed by atoms with Crippen molar-refractivity contribution in [2.45, 2.75) is 45.9 Å². The molecule has 1 unspecified atom stereocenters.